The second kappa shape index (κ2) is 6.93. The fraction of sp³-hybridized carbons (Fsp3) is 0.733. The van der Waals surface area contributed by atoms with Gasteiger partial charge in [-0.25, -0.2) is 0 Å². The number of carbonyl (C=O) groups is 1. The maximum Gasteiger partial charge on any atom is 0.258 e. The largest absolute Gasteiger partial charge is 0.480 e. The van der Waals surface area contributed by atoms with E-state index in [0.717, 1.165) is 37.1 Å². The van der Waals surface area contributed by atoms with Gasteiger partial charge in [-0.3, -0.25) is 9.48 Å². The first-order valence-electron chi connectivity index (χ1n) is 7.54. The van der Waals surface area contributed by atoms with Gasteiger partial charge in [-0.05, 0) is 45.4 Å². The summed E-state index contributed by atoms with van der Waals surface area (Å²) in [4.78, 5) is 12.0. The van der Waals surface area contributed by atoms with Crippen molar-refractivity contribution < 1.29 is 14.6 Å². The molecular formula is C15H25N3O3. The van der Waals surface area contributed by atoms with Gasteiger partial charge in [-0.15, -0.1) is 0 Å². The van der Waals surface area contributed by atoms with E-state index in [2.05, 4.69) is 10.4 Å². The molecule has 0 aromatic carbocycles. The Morgan fingerprint density at radius 3 is 2.57 bits per heavy atom. The number of aliphatic hydroxyl groups excluding tert-OH is 1. The Morgan fingerprint density at radius 1 is 1.38 bits per heavy atom. The molecule has 1 aromatic rings. The molecule has 0 bridgehead atoms. The van der Waals surface area contributed by atoms with Crippen LogP contribution in [0.25, 0.3) is 0 Å². The summed E-state index contributed by atoms with van der Waals surface area (Å²) < 4.78 is 7.35. The van der Waals surface area contributed by atoms with Crippen LogP contribution in [0, 0.1) is 19.8 Å². The molecule has 6 nitrogen and oxygen atoms in total. The number of nitrogens with zero attached hydrogens (tertiary/aromatic N) is 2. The Labute approximate surface area is 125 Å². The molecule has 0 radical (unpaired) electrons. The molecule has 1 amide bonds. The van der Waals surface area contributed by atoms with Gasteiger partial charge in [0.25, 0.3) is 5.91 Å². The van der Waals surface area contributed by atoms with E-state index in [9.17, 15) is 4.79 Å². The number of rotatable bonds is 5. The van der Waals surface area contributed by atoms with Crippen LogP contribution in [-0.4, -0.2) is 40.0 Å². The minimum Gasteiger partial charge on any atom is -0.480 e. The normalized spacial score (nSPS) is 22.1. The van der Waals surface area contributed by atoms with E-state index >= 15 is 0 Å². The maximum atomic E-state index is 12.0. The van der Waals surface area contributed by atoms with Gasteiger partial charge in [0.05, 0.1) is 5.69 Å². The third-order valence-electron chi connectivity index (χ3n) is 4.26. The predicted molar refractivity (Wildman–Crippen MR) is 79.2 cm³/mol. The van der Waals surface area contributed by atoms with Gasteiger partial charge in [-0.1, -0.05) is 0 Å². The smallest absolute Gasteiger partial charge is 0.258 e. The summed E-state index contributed by atoms with van der Waals surface area (Å²) in [6.45, 7) is 4.07. The molecule has 0 unspecified atom stereocenters. The fourth-order valence-electron chi connectivity index (χ4n) is 2.86. The molecule has 0 aliphatic heterocycles. The maximum absolute atomic E-state index is 12.0. The third kappa shape index (κ3) is 3.97. The minimum atomic E-state index is -0.0925. The molecule has 1 aliphatic carbocycles. The van der Waals surface area contributed by atoms with Gasteiger partial charge in [-0.2, -0.15) is 5.10 Å². The molecule has 1 aliphatic rings. The van der Waals surface area contributed by atoms with E-state index in [1.807, 2.05) is 20.9 Å². The second-order valence-electron chi connectivity index (χ2n) is 5.88. The van der Waals surface area contributed by atoms with Crippen molar-refractivity contribution in [3.63, 3.8) is 0 Å². The molecule has 6 heteroatoms. The van der Waals surface area contributed by atoms with E-state index in [1.54, 1.807) is 4.68 Å². The highest BCUT2D eigenvalue weighted by atomic mass is 16.5. The lowest BCUT2D eigenvalue weighted by Gasteiger charge is -2.27. The Bertz CT molecular complexity index is 491. The Balaban J connectivity index is 1.78. The van der Waals surface area contributed by atoms with E-state index in [4.69, 9.17) is 9.84 Å². The van der Waals surface area contributed by atoms with Crippen LogP contribution in [0.4, 0.5) is 0 Å². The van der Waals surface area contributed by atoms with Gasteiger partial charge in [0.15, 0.2) is 12.4 Å². The van der Waals surface area contributed by atoms with Crippen molar-refractivity contribution in [3.8, 4) is 5.75 Å². The summed E-state index contributed by atoms with van der Waals surface area (Å²) in [7, 11) is 1.86. The molecule has 2 N–H and O–H groups in total. The van der Waals surface area contributed by atoms with Crippen LogP contribution in [0.5, 0.6) is 5.75 Å². The Kier molecular flexibility index (Phi) is 5.22. The van der Waals surface area contributed by atoms with E-state index < -0.39 is 0 Å². The number of hydrogen-bond donors (Lipinski definition) is 2. The van der Waals surface area contributed by atoms with Crippen molar-refractivity contribution in [2.75, 3.05) is 13.2 Å². The molecule has 0 spiro atoms. The van der Waals surface area contributed by atoms with Crippen LogP contribution in [0.2, 0.25) is 0 Å². The van der Waals surface area contributed by atoms with Gasteiger partial charge in [0, 0.05) is 19.7 Å². The molecule has 1 saturated carbocycles. The first kappa shape index (κ1) is 15.8. The summed E-state index contributed by atoms with van der Waals surface area (Å²) in [6.07, 6.45) is 3.82. The zero-order valence-electron chi connectivity index (χ0n) is 13.1. The lowest BCUT2D eigenvalue weighted by atomic mass is 9.86. The average Bonchev–Trinajstić information content (AvgIpc) is 2.71. The summed E-state index contributed by atoms with van der Waals surface area (Å²) in [6, 6.07) is 0.208. The number of aliphatic hydroxyl groups is 1. The summed E-state index contributed by atoms with van der Waals surface area (Å²) >= 11 is 0. The van der Waals surface area contributed by atoms with Gasteiger partial charge in [0.1, 0.15) is 5.69 Å². The molecule has 2 rings (SSSR count). The molecule has 0 atom stereocenters. The lowest BCUT2D eigenvalue weighted by Crippen LogP contribution is -2.40. The van der Waals surface area contributed by atoms with Crippen molar-refractivity contribution in [2.24, 2.45) is 13.0 Å². The number of amides is 1. The zero-order chi connectivity index (χ0) is 15.4. The SMILES string of the molecule is Cc1nn(C)c(C)c1OCC(=O)NC1CCC(CO)CC1. The number of ether oxygens (including phenoxy) is 1. The number of nitrogens with one attached hydrogen (secondary N) is 1. The first-order valence-corrected chi connectivity index (χ1v) is 7.54. The zero-order valence-corrected chi connectivity index (χ0v) is 13.1. The van der Waals surface area contributed by atoms with Crippen LogP contribution in [0.15, 0.2) is 0 Å². The highest BCUT2D eigenvalue weighted by Gasteiger charge is 2.22. The Hall–Kier alpha value is -1.56. The van der Waals surface area contributed by atoms with Gasteiger partial charge >= 0.3 is 0 Å². The summed E-state index contributed by atoms with van der Waals surface area (Å²) in [5, 5.41) is 16.4. The van der Waals surface area contributed by atoms with E-state index in [0.29, 0.717) is 11.7 Å². The lowest BCUT2D eigenvalue weighted by molar-refractivity contribution is -0.124. The molecule has 21 heavy (non-hydrogen) atoms. The highest BCUT2D eigenvalue weighted by Crippen LogP contribution is 2.24. The van der Waals surface area contributed by atoms with Crippen molar-refractivity contribution in [1.29, 1.82) is 0 Å². The van der Waals surface area contributed by atoms with Crippen LogP contribution in [0.3, 0.4) is 0 Å². The minimum absolute atomic E-state index is 0.0211. The molecule has 118 valence electrons. The first-order chi connectivity index (χ1) is 10.0. The monoisotopic (exact) mass is 295 g/mol. The van der Waals surface area contributed by atoms with E-state index in [1.165, 1.54) is 0 Å². The molecule has 1 aromatic heterocycles. The molecule has 1 fully saturated rings. The Morgan fingerprint density at radius 2 is 2.05 bits per heavy atom. The van der Waals surface area contributed by atoms with Crippen LogP contribution in [0.1, 0.15) is 37.1 Å². The number of hydrogen-bond acceptors (Lipinski definition) is 4. The quantitative estimate of drug-likeness (QED) is 0.852. The van der Waals surface area contributed by atoms with Crippen molar-refractivity contribution in [2.45, 2.75) is 45.6 Å². The molecular weight excluding hydrogens is 270 g/mol. The standard InChI is InChI=1S/C15H25N3O3/c1-10-15(11(2)18(3)17-10)21-9-14(20)16-13-6-4-12(8-19)5-7-13/h12-13,19H,4-9H2,1-3H3,(H,16,20). The summed E-state index contributed by atoms with van der Waals surface area (Å²) in [5.74, 6) is 0.997. The predicted octanol–water partition coefficient (Wildman–Crippen LogP) is 1.08. The third-order valence-corrected chi connectivity index (χ3v) is 4.26. The van der Waals surface area contributed by atoms with E-state index in [-0.39, 0.29) is 25.2 Å². The van der Waals surface area contributed by atoms with Gasteiger partial charge in [0.2, 0.25) is 0 Å². The molecule has 0 saturated heterocycles. The molecule has 1 heterocycles. The number of aryl methyl sites for hydroxylation is 2. The van der Waals surface area contributed by atoms with Crippen LogP contribution < -0.4 is 10.1 Å². The van der Waals surface area contributed by atoms with Crippen LogP contribution >= 0.6 is 0 Å². The topological polar surface area (TPSA) is 76.4 Å². The van der Waals surface area contributed by atoms with Gasteiger partial charge < -0.3 is 15.2 Å². The summed E-state index contributed by atoms with van der Waals surface area (Å²) in [5.41, 5.74) is 1.72. The van der Waals surface area contributed by atoms with Crippen molar-refractivity contribution in [3.05, 3.63) is 11.4 Å². The second-order valence-corrected chi connectivity index (χ2v) is 5.88. The number of aromatic nitrogens is 2. The van der Waals surface area contributed by atoms with Crippen LogP contribution in [-0.2, 0) is 11.8 Å². The fourth-order valence-corrected chi connectivity index (χ4v) is 2.86. The number of carbonyl (C=O) groups excluding carboxylic acids is 1. The average molecular weight is 295 g/mol. The van der Waals surface area contributed by atoms with Crippen molar-refractivity contribution >= 4 is 5.91 Å². The van der Waals surface area contributed by atoms with Crippen molar-refractivity contribution in [1.82, 2.24) is 15.1 Å². The highest BCUT2D eigenvalue weighted by molar-refractivity contribution is 5.77.